The number of fused-ring (bicyclic) bond motifs is 2. The number of pyridine rings is 2. The molecule has 2 fully saturated rings. The number of halogens is 2. The summed E-state index contributed by atoms with van der Waals surface area (Å²) in [5.41, 5.74) is 6.10. The number of hydrogen-bond donors (Lipinski definition) is 5. The first kappa shape index (κ1) is 42.5. The molecule has 0 aliphatic carbocycles. The fourth-order valence-electron chi connectivity index (χ4n) is 8.40. The number of nitrogens with one attached hydrogen (secondary N) is 5. The van der Waals surface area contributed by atoms with Gasteiger partial charge in [0, 0.05) is 79.4 Å². The number of aromatic amines is 1. The third-order valence-corrected chi connectivity index (χ3v) is 11.8. The Balaban J connectivity index is 0.000000194. The molecule has 5 aromatic rings. The summed E-state index contributed by atoms with van der Waals surface area (Å²) in [6.45, 7) is 3.86. The Morgan fingerprint density at radius 2 is 1.76 bits per heavy atom. The van der Waals surface area contributed by atoms with E-state index in [1.807, 2.05) is 27.8 Å². The number of rotatable bonds is 13. The monoisotopic (exact) mass is 909 g/mol. The number of ether oxygens (including phenoxy) is 3. The van der Waals surface area contributed by atoms with Crippen molar-refractivity contribution in [3.05, 3.63) is 108 Å². The molecule has 9 rings (SSSR count). The number of amides is 3. The fraction of sp³-hybridized carbons (Fsp3) is 0.356. The highest BCUT2D eigenvalue weighted by atomic mass is 79.9. The lowest BCUT2D eigenvalue weighted by atomic mass is 10.0. The van der Waals surface area contributed by atoms with E-state index in [1.54, 1.807) is 55.1 Å². The second-order valence-electron chi connectivity index (χ2n) is 15.2. The molecular weight excluding hydrogens is 861 g/mol. The standard InChI is InChI=1S/C28H29BrFN5O4.C17H20N4O2/c1-38-27-19(30)6-2-7-21(27)34-26-24-20(10-13-32-28(24)37)33-25(26)18-9-12-31-15-22(18)39-16-17-5-4-14-35(17)23(36)8-3-11-29;22-17-13-5-9-21(14(13)4-8-20-17)15-3-7-18-10-16(15)23-11-12-2-1-6-19-12/h2-3,6-9,12,15,17,33-34H,4-5,10-11,13-14,16H2,1H3,(H,32,37);3,5,7,9-10,12,19H,1-2,4,6,8,11H2,(H,20,22)/b8-3+;/t17-;12-/m00/s1. The van der Waals surface area contributed by atoms with Crippen LogP contribution in [0.3, 0.4) is 0 Å². The van der Waals surface area contributed by atoms with Gasteiger partial charge in [0.2, 0.25) is 5.91 Å². The second kappa shape index (κ2) is 19.7. The molecule has 8 heterocycles. The third kappa shape index (κ3) is 9.18. The molecule has 1 aromatic carbocycles. The number of H-pyrrole nitrogens is 1. The lowest BCUT2D eigenvalue weighted by Gasteiger charge is -2.24. The Hall–Kier alpha value is -6.20. The van der Waals surface area contributed by atoms with E-state index in [4.69, 9.17) is 14.2 Å². The highest BCUT2D eigenvalue weighted by molar-refractivity contribution is 9.09. The van der Waals surface area contributed by atoms with E-state index in [1.165, 1.54) is 19.6 Å². The number of alkyl halides is 1. The van der Waals surface area contributed by atoms with Crippen molar-refractivity contribution < 1.29 is 33.0 Å². The number of benzene rings is 1. The number of likely N-dealkylation sites (tertiary alicyclic amines) is 1. The van der Waals surface area contributed by atoms with Gasteiger partial charge in [-0.15, -0.1) is 0 Å². The number of allylic oxidation sites excluding steroid dienone is 1. The first-order valence-electron chi connectivity index (χ1n) is 20.9. The number of carbonyl (C=O) groups excluding carboxylic acids is 3. The lowest BCUT2D eigenvalue weighted by Crippen LogP contribution is -2.38. The molecule has 324 valence electrons. The number of aromatic nitrogens is 4. The minimum absolute atomic E-state index is 0.00307. The molecule has 0 bridgehead atoms. The van der Waals surface area contributed by atoms with Crippen molar-refractivity contribution in [2.45, 2.75) is 50.6 Å². The van der Waals surface area contributed by atoms with Gasteiger partial charge in [0.05, 0.1) is 59.4 Å². The van der Waals surface area contributed by atoms with Crippen molar-refractivity contribution in [1.29, 1.82) is 0 Å². The zero-order chi connectivity index (χ0) is 43.0. The molecule has 2 atom stereocenters. The normalized spacial score (nSPS) is 18.0. The van der Waals surface area contributed by atoms with Gasteiger partial charge < -0.3 is 49.9 Å². The molecule has 0 radical (unpaired) electrons. The van der Waals surface area contributed by atoms with Gasteiger partial charge in [-0.1, -0.05) is 28.1 Å². The predicted molar refractivity (Wildman–Crippen MR) is 236 cm³/mol. The molecule has 62 heavy (non-hydrogen) atoms. The summed E-state index contributed by atoms with van der Waals surface area (Å²) in [5, 5.41) is 13.0. The van der Waals surface area contributed by atoms with Crippen molar-refractivity contribution >= 4 is 45.0 Å². The number of anilines is 2. The van der Waals surface area contributed by atoms with E-state index < -0.39 is 5.82 Å². The molecule has 17 heteroatoms. The first-order valence-corrected chi connectivity index (χ1v) is 22.0. The van der Waals surface area contributed by atoms with Gasteiger partial charge in [0.15, 0.2) is 17.3 Å². The average molecular weight is 911 g/mol. The van der Waals surface area contributed by atoms with Crippen molar-refractivity contribution in [2.75, 3.05) is 57.1 Å². The SMILES string of the molecule is COc1c(F)cccc1Nc1c(-c2ccncc2OC[C@@H]2CCCN2C(=O)/C=C/CBr)[nH]c2c1C(=O)NCC2.O=C1NCCc2c1ccn2-c1ccncc1OC[C@@H]1CCCN1. The van der Waals surface area contributed by atoms with Gasteiger partial charge >= 0.3 is 0 Å². The van der Waals surface area contributed by atoms with Crippen LogP contribution in [-0.4, -0.2) is 106 Å². The zero-order valence-electron chi connectivity index (χ0n) is 34.3. The summed E-state index contributed by atoms with van der Waals surface area (Å²) in [4.78, 5) is 51.2. The largest absolute Gasteiger partial charge is 0.492 e. The van der Waals surface area contributed by atoms with Crippen LogP contribution in [0.15, 0.2) is 79.5 Å². The average Bonchev–Trinajstić information content (AvgIpc) is 4.13. The molecule has 3 amide bonds. The molecule has 2 saturated heterocycles. The van der Waals surface area contributed by atoms with E-state index in [0.29, 0.717) is 84.6 Å². The lowest BCUT2D eigenvalue weighted by molar-refractivity contribution is -0.127. The summed E-state index contributed by atoms with van der Waals surface area (Å²) in [7, 11) is 1.39. The molecule has 0 spiro atoms. The summed E-state index contributed by atoms with van der Waals surface area (Å²) < 4.78 is 34.1. The topological polar surface area (TPSA) is 177 Å². The summed E-state index contributed by atoms with van der Waals surface area (Å²) in [6, 6.07) is 10.5. The highest BCUT2D eigenvalue weighted by Gasteiger charge is 2.31. The van der Waals surface area contributed by atoms with E-state index in [-0.39, 0.29) is 29.5 Å². The van der Waals surface area contributed by atoms with Crippen LogP contribution in [0.4, 0.5) is 15.8 Å². The smallest absolute Gasteiger partial charge is 0.255 e. The zero-order valence-corrected chi connectivity index (χ0v) is 35.9. The number of methoxy groups -OCH3 is 1. The third-order valence-electron chi connectivity index (χ3n) is 11.4. The molecule has 15 nitrogen and oxygen atoms in total. The maximum atomic E-state index is 14.5. The Kier molecular flexibility index (Phi) is 13.5. The quantitative estimate of drug-likeness (QED) is 0.0711. The van der Waals surface area contributed by atoms with Gasteiger partial charge in [-0.25, -0.2) is 4.39 Å². The molecule has 4 aliphatic rings. The summed E-state index contributed by atoms with van der Waals surface area (Å²) in [6.07, 6.45) is 17.6. The number of nitrogens with zero attached hydrogens (tertiary/aromatic N) is 4. The van der Waals surface area contributed by atoms with Crippen LogP contribution in [0, 0.1) is 5.82 Å². The Labute approximate surface area is 367 Å². The Morgan fingerprint density at radius 3 is 2.58 bits per heavy atom. The van der Waals surface area contributed by atoms with Crippen LogP contribution in [0.2, 0.25) is 0 Å². The van der Waals surface area contributed by atoms with Crippen molar-refractivity contribution in [3.8, 4) is 34.2 Å². The van der Waals surface area contributed by atoms with Crippen LogP contribution in [0.1, 0.15) is 57.8 Å². The van der Waals surface area contributed by atoms with Crippen molar-refractivity contribution in [2.24, 2.45) is 0 Å². The molecule has 4 aliphatic heterocycles. The maximum Gasteiger partial charge on any atom is 0.255 e. The van der Waals surface area contributed by atoms with E-state index >= 15 is 0 Å². The molecular formula is C45H49BrFN9O6. The van der Waals surface area contributed by atoms with Crippen LogP contribution < -0.4 is 35.5 Å². The summed E-state index contributed by atoms with van der Waals surface area (Å²) in [5.74, 6) is 0.506. The first-order chi connectivity index (χ1) is 30.3. The molecule has 0 saturated carbocycles. The van der Waals surface area contributed by atoms with E-state index in [9.17, 15) is 18.8 Å². The molecule has 5 N–H and O–H groups in total. The van der Waals surface area contributed by atoms with Crippen LogP contribution >= 0.6 is 15.9 Å². The minimum Gasteiger partial charge on any atom is -0.492 e. The van der Waals surface area contributed by atoms with Gasteiger partial charge in [-0.2, -0.15) is 0 Å². The van der Waals surface area contributed by atoms with Crippen LogP contribution in [0.5, 0.6) is 17.2 Å². The van der Waals surface area contributed by atoms with Gasteiger partial charge in [0.25, 0.3) is 11.8 Å². The molecule has 0 unspecified atom stereocenters. The predicted octanol–water partition coefficient (Wildman–Crippen LogP) is 5.86. The number of hydrogen-bond acceptors (Lipinski definition) is 10. The van der Waals surface area contributed by atoms with Gasteiger partial charge in [0.1, 0.15) is 19.0 Å². The molecule has 4 aromatic heterocycles. The minimum atomic E-state index is -0.521. The maximum absolute atomic E-state index is 14.5. The van der Waals surface area contributed by atoms with Crippen LogP contribution in [0.25, 0.3) is 16.9 Å². The van der Waals surface area contributed by atoms with Gasteiger partial charge in [-0.3, -0.25) is 24.4 Å². The van der Waals surface area contributed by atoms with E-state index in [0.717, 1.165) is 60.6 Å². The van der Waals surface area contributed by atoms with Crippen molar-refractivity contribution in [1.82, 2.24) is 40.4 Å². The number of para-hydroxylation sites is 1. The highest BCUT2D eigenvalue weighted by Crippen LogP contribution is 2.42. The number of carbonyl (C=O) groups is 3. The Bertz CT molecular complexity index is 2450. The second-order valence-corrected chi connectivity index (χ2v) is 15.9. The van der Waals surface area contributed by atoms with Crippen LogP contribution in [-0.2, 0) is 17.6 Å². The fourth-order valence-corrected chi connectivity index (χ4v) is 8.58. The summed E-state index contributed by atoms with van der Waals surface area (Å²) >= 11 is 3.31. The Morgan fingerprint density at radius 1 is 0.952 bits per heavy atom. The van der Waals surface area contributed by atoms with E-state index in [2.05, 4.69) is 52.1 Å². The van der Waals surface area contributed by atoms with Crippen molar-refractivity contribution in [3.63, 3.8) is 0 Å². The van der Waals surface area contributed by atoms with Gasteiger partial charge in [-0.05, 0) is 68.6 Å².